The van der Waals surface area contributed by atoms with Gasteiger partial charge in [-0.2, -0.15) is 0 Å². The number of aromatic nitrogens is 2. The number of nitrogens with one attached hydrogen (secondary N) is 3. The monoisotopic (exact) mass is 577 g/mol. The Balaban J connectivity index is 0.00000197. The van der Waals surface area contributed by atoms with E-state index < -0.39 is 49.5 Å². The SMILES string of the molecule is CC(C)C[C@H](NC(=O)[C@H](Cc1ccccc1)NC(=O)[C@H](Cc1ccccc1)NC(=O)c1cnccn1)C(=O)O.OBO. The van der Waals surface area contributed by atoms with E-state index >= 15 is 0 Å². The minimum Gasteiger partial charge on any atom is -0.480 e. The molecule has 42 heavy (non-hydrogen) atoms. The summed E-state index contributed by atoms with van der Waals surface area (Å²) >= 11 is 0. The molecule has 1 aromatic heterocycles. The first kappa shape index (κ1) is 33.6. The second-order valence-electron chi connectivity index (χ2n) is 9.73. The molecular formula is C29H36BN5O7. The van der Waals surface area contributed by atoms with Crippen molar-refractivity contribution in [2.45, 2.75) is 51.2 Å². The van der Waals surface area contributed by atoms with Crippen molar-refractivity contribution < 1.29 is 34.3 Å². The van der Waals surface area contributed by atoms with Crippen LogP contribution in [0.4, 0.5) is 0 Å². The third-order valence-electron chi connectivity index (χ3n) is 5.94. The number of benzene rings is 2. The van der Waals surface area contributed by atoms with Crippen LogP contribution in [0, 0.1) is 5.92 Å². The molecule has 0 fully saturated rings. The molecule has 3 amide bonds. The summed E-state index contributed by atoms with van der Waals surface area (Å²) in [5.41, 5.74) is 1.61. The van der Waals surface area contributed by atoms with Crippen molar-refractivity contribution in [2.75, 3.05) is 0 Å². The Hall–Kier alpha value is -4.62. The van der Waals surface area contributed by atoms with Gasteiger partial charge in [-0.25, -0.2) is 9.78 Å². The highest BCUT2D eigenvalue weighted by Crippen LogP contribution is 2.10. The fraction of sp³-hybridized carbons (Fsp3) is 0.310. The minimum absolute atomic E-state index is 0.0279. The molecule has 3 rings (SSSR count). The molecule has 0 aliphatic carbocycles. The van der Waals surface area contributed by atoms with E-state index in [4.69, 9.17) is 10.0 Å². The maximum atomic E-state index is 13.6. The summed E-state index contributed by atoms with van der Waals surface area (Å²) in [7, 11) is -0.750. The van der Waals surface area contributed by atoms with Crippen molar-refractivity contribution >= 4 is 31.4 Å². The summed E-state index contributed by atoms with van der Waals surface area (Å²) in [6.07, 6.45) is 4.61. The van der Waals surface area contributed by atoms with Gasteiger partial charge in [0, 0.05) is 25.2 Å². The molecule has 0 spiro atoms. The van der Waals surface area contributed by atoms with Crippen molar-refractivity contribution in [3.8, 4) is 0 Å². The van der Waals surface area contributed by atoms with Crippen LogP contribution in [0.2, 0.25) is 0 Å². The van der Waals surface area contributed by atoms with Crippen LogP contribution >= 0.6 is 0 Å². The van der Waals surface area contributed by atoms with Gasteiger partial charge in [0.15, 0.2) is 0 Å². The van der Waals surface area contributed by atoms with Crippen LogP contribution in [0.15, 0.2) is 79.3 Å². The van der Waals surface area contributed by atoms with E-state index in [0.29, 0.717) is 0 Å². The summed E-state index contributed by atoms with van der Waals surface area (Å²) in [6, 6.07) is 15.0. The van der Waals surface area contributed by atoms with Gasteiger partial charge in [-0.1, -0.05) is 74.5 Å². The molecule has 222 valence electrons. The number of rotatable bonds is 13. The lowest BCUT2D eigenvalue weighted by atomic mass is 10.0. The Morgan fingerprint density at radius 1 is 0.762 bits per heavy atom. The molecule has 0 aliphatic rings. The molecule has 6 N–H and O–H groups in total. The Labute approximate surface area is 244 Å². The van der Waals surface area contributed by atoms with Crippen LogP contribution in [-0.4, -0.2) is 74.6 Å². The standard InChI is InChI=1S/C29H33N5O5.BH3O2/c1-19(2)15-24(29(38)39)34-27(36)23(17-21-11-7-4-8-12-21)32-26(35)22(16-20-9-5-3-6-10-20)33-28(37)25-18-30-13-14-31-25;2-1-3/h3-14,18-19,22-24H,15-17H2,1-2H3,(H,32,35)(H,33,37)(H,34,36)(H,38,39);1-3H/t22-,23-,24-;/m0./s1. The van der Waals surface area contributed by atoms with Gasteiger partial charge in [0.05, 0.1) is 6.20 Å². The number of hydrogen-bond acceptors (Lipinski definition) is 8. The van der Waals surface area contributed by atoms with Gasteiger partial charge >= 0.3 is 13.7 Å². The molecule has 0 unspecified atom stereocenters. The number of carbonyl (C=O) groups excluding carboxylic acids is 3. The van der Waals surface area contributed by atoms with Gasteiger partial charge in [-0.3, -0.25) is 19.4 Å². The highest BCUT2D eigenvalue weighted by Gasteiger charge is 2.30. The third-order valence-corrected chi connectivity index (χ3v) is 5.94. The maximum absolute atomic E-state index is 13.6. The zero-order valence-electron chi connectivity index (χ0n) is 23.5. The first-order valence-electron chi connectivity index (χ1n) is 13.3. The van der Waals surface area contributed by atoms with E-state index in [2.05, 4.69) is 25.9 Å². The van der Waals surface area contributed by atoms with E-state index in [1.165, 1.54) is 18.6 Å². The molecule has 3 aromatic rings. The zero-order valence-corrected chi connectivity index (χ0v) is 23.5. The van der Waals surface area contributed by atoms with Crippen LogP contribution in [-0.2, 0) is 27.2 Å². The molecule has 12 nitrogen and oxygen atoms in total. The second kappa shape index (κ2) is 17.9. The van der Waals surface area contributed by atoms with E-state index in [1.807, 2.05) is 74.5 Å². The summed E-state index contributed by atoms with van der Waals surface area (Å²) in [4.78, 5) is 59.4. The predicted octanol–water partition coefficient (Wildman–Crippen LogP) is 0.398. The van der Waals surface area contributed by atoms with Crippen molar-refractivity contribution in [1.29, 1.82) is 0 Å². The van der Waals surface area contributed by atoms with Gasteiger partial charge in [0.25, 0.3) is 5.91 Å². The fourth-order valence-corrected chi connectivity index (χ4v) is 4.00. The fourth-order valence-electron chi connectivity index (χ4n) is 4.00. The number of carboxylic acid groups (broad SMARTS) is 1. The lowest BCUT2D eigenvalue weighted by molar-refractivity contribution is -0.142. The maximum Gasteiger partial charge on any atom is 0.432 e. The summed E-state index contributed by atoms with van der Waals surface area (Å²) in [6.45, 7) is 3.72. The molecule has 1 heterocycles. The second-order valence-corrected chi connectivity index (χ2v) is 9.73. The number of amides is 3. The van der Waals surface area contributed by atoms with Crippen LogP contribution in [0.25, 0.3) is 0 Å². The van der Waals surface area contributed by atoms with Gasteiger partial charge in [-0.15, -0.1) is 0 Å². The topological polar surface area (TPSA) is 191 Å². The predicted molar refractivity (Wildman–Crippen MR) is 156 cm³/mol. The lowest BCUT2D eigenvalue weighted by Gasteiger charge is -2.25. The Bertz CT molecular complexity index is 1270. The number of carboxylic acids is 1. The van der Waals surface area contributed by atoms with Crippen LogP contribution in [0.3, 0.4) is 0 Å². The molecule has 13 heteroatoms. The largest absolute Gasteiger partial charge is 0.480 e. The Kier molecular flexibility index (Phi) is 14.4. The van der Waals surface area contributed by atoms with Crippen molar-refractivity contribution in [3.05, 3.63) is 96.1 Å². The number of carbonyl (C=O) groups is 4. The van der Waals surface area contributed by atoms with E-state index in [1.54, 1.807) is 0 Å². The lowest BCUT2D eigenvalue weighted by Crippen LogP contribution is -2.57. The molecule has 0 radical (unpaired) electrons. The van der Waals surface area contributed by atoms with Gasteiger partial charge < -0.3 is 31.1 Å². The minimum atomic E-state index is -1.15. The first-order chi connectivity index (χ1) is 20.1. The first-order valence-corrected chi connectivity index (χ1v) is 13.3. The highest BCUT2D eigenvalue weighted by atomic mass is 16.4. The van der Waals surface area contributed by atoms with Crippen molar-refractivity contribution in [2.24, 2.45) is 5.92 Å². The number of hydrogen-bond donors (Lipinski definition) is 6. The van der Waals surface area contributed by atoms with Gasteiger partial charge in [0.2, 0.25) is 11.8 Å². The average molecular weight is 577 g/mol. The normalized spacial score (nSPS) is 12.5. The molecule has 0 bridgehead atoms. The van der Waals surface area contributed by atoms with E-state index in [-0.39, 0.29) is 30.9 Å². The molecule has 0 saturated carbocycles. The average Bonchev–Trinajstić information content (AvgIpc) is 2.97. The van der Waals surface area contributed by atoms with E-state index in [9.17, 15) is 24.3 Å². The van der Waals surface area contributed by atoms with Gasteiger partial charge in [0.1, 0.15) is 23.8 Å². The number of aliphatic carboxylic acids is 1. The molecule has 0 aliphatic heterocycles. The third kappa shape index (κ3) is 11.9. The van der Waals surface area contributed by atoms with Crippen molar-refractivity contribution in [1.82, 2.24) is 25.9 Å². The van der Waals surface area contributed by atoms with Crippen LogP contribution in [0.5, 0.6) is 0 Å². The highest BCUT2D eigenvalue weighted by molar-refractivity contribution is 6.13. The smallest absolute Gasteiger partial charge is 0.432 e. The Morgan fingerprint density at radius 2 is 1.24 bits per heavy atom. The Morgan fingerprint density at radius 3 is 1.67 bits per heavy atom. The summed E-state index contributed by atoms with van der Waals surface area (Å²) in [5.74, 6) is -2.94. The molecule has 3 atom stereocenters. The quantitative estimate of drug-likeness (QED) is 0.156. The van der Waals surface area contributed by atoms with Crippen LogP contribution in [0.1, 0.15) is 41.9 Å². The van der Waals surface area contributed by atoms with E-state index in [0.717, 1.165) is 11.1 Å². The molecular weight excluding hydrogens is 541 g/mol. The molecule has 0 saturated heterocycles. The molecule has 2 aromatic carbocycles. The zero-order chi connectivity index (χ0) is 30.9. The number of nitrogens with zero attached hydrogens (tertiary/aromatic N) is 2. The van der Waals surface area contributed by atoms with Crippen molar-refractivity contribution in [3.63, 3.8) is 0 Å². The summed E-state index contributed by atoms with van der Waals surface area (Å²) in [5, 5.41) is 31.9. The van der Waals surface area contributed by atoms with Crippen LogP contribution < -0.4 is 16.0 Å². The van der Waals surface area contributed by atoms with Gasteiger partial charge in [-0.05, 0) is 23.5 Å². The summed E-state index contributed by atoms with van der Waals surface area (Å²) < 4.78 is 0.